The van der Waals surface area contributed by atoms with Crippen LogP contribution in [0.15, 0.2) is 29.1 Å². The molecule has 5 heteroatoms. The van der Waals surface area contributed by atoms with E-state index in [9.17, 15) is 9.90 Å². The average molecular weight is 270 g/mol. The fourth-order valence-electron chi connectivity index (χ4n) is 2.02. The van der Waals surface area contributed by atoms with E-state index in [1.54, 1.807) is 31.2 Å². The summed E-state index contributed by atoms with van der Waals surface area (Å²) in [5.74, 6) is 0.252. The van der Waals surface area contributed by atoms with Crippen LogP contribution in [0.4, 0.5) is 0 Å². The van der Waals surface area contributed by atoms with Gasteiger partial charge in [0, 0.05) is 16.8 Å². The zero-order valence-electron chi connectivity index (χ0n) is 11.2. The molecule has 0 saturated heterocycles. The number of aryl methyl sites for hydroxylation is 1. The van der Waals surface area contributed by atoms with Crippen LogP contribution in [0.5, 0.6) is 11.5 Å². The zero-order chi connectivity index (χ0) is 14.7. The van der Waals surface area contributed by atoms with Crippen molar-refractivity contribution in [3.05, 3.63) is 45.9 Å². The molecule has 1 aromatic carbocycles. The SMILES string of the molecule is CCOc1cccc(-c2cc(C)[nH]c(=O)c2C#N)c1O. The third-order valence-corrected chi connectivity index (χ3v) is 2.87. The molecule has 5 nitrogen and oxygen atoms in total. The third-order valence-electron chi connectivity index (χ3n) is 2.87. The minimum absolute atomic E-state index is 0.0282. The normalized spacial score (nSPS) is 10.1. The highest BCUT2D eigenvalue weighted by molar-refractivity contribution is 5.77. The molecular weight excluding hydrogens is 256 g/mol. The number of H-pyrrole nitrogens is 1. The molecule has 1 aromatic heterocycles. The van der Waals surface area contributed by atoms with Crippen molar-refractivity contribution in [3.63, 3.8) is 0 Å². The van der Waals surface area contributed by atoms with Gasteiger partial charge in [-0.15, -0.1) is 0 Å². The van der Waals surface area contributed by atoms with Crippen molar-refractivity contribution in [2.45, 2.75) is 13.8 Å². The molecule has 0 bridgehead atoms. The van der Waals surface area contributed by atoms with E-state index in [1.807, 2.05) is 13.0 Å². The predicted octanol–water partition coefficient (Wildman–Crippen LogP) is 2.33. The lowest BCUT2D eigenvalue weighted by Gasteiger charge is -2.11. The van der Waals surface area contributed by atoms with Gasteiger partial charge in [-0.3, -0.25) is 4.79 Å². The van der Waals surface area contributed by atoms with E-state index >= 15 is 0 Å². The molecule has 2 N–H and O–H groups in total. The van der Waals surface area contributed by atoms with Crippen LogP contribution in [0.1, 0.15) is 18.2 Å². The Hall–Kier alpha value is -2.74. The molecule has 2 rings (SSSR count). The summed E-state index contributed by atoms with van der Waals surface area (Å²) in [6.07, 6.45) is 0. The number of phenolic OH excluding ortho intramolecular Hbond substituents is 1. The number of hydrogen-bond acceptors (Lipinski definition) is 4. The van der Waals surface area contributed by atoms with E-state index in [0.717, 1.165) is 0 Å². The number of aromatic amines is 1. The smallest absolute Gasteiger partial charge is 0.266 e. The Labute approximate surface area is 116 Å². The molecule has 0 amide bonds. The number of aromatic hydroxyl groups is 1. The minimum atomic E-state index is -0.469. The van der Waals surface area contributed by atoms with Gasteiger partial charge in [0.1, 0.15) is 11.6 Å². The van der Waals surface area contributed by atoms with Gasteiger partial charge >= 0.3 is 0 Å². The highest BCUT2D eigenvalue weighted by Gasteiger charge is 2.16. The topological polar surface area (TPSA) is 86.1 Å². The van der Waals surface area contributed by atoms with Crippen LogP contribution in [0, 0.1) is 18.3 Å². The van der Waals surface area contributed by atoms with Gasteiger partial charge in [0.2, 0.25) is 0 Å². The van der Waals surface area contributed by atoms with Crippen LogP contribution in [0.3, 0.4) is 0 Å². The van der Waals surface area contributed by atoms with Crippen molar-refractivity contribution in [2.24, 2.45) is 0 Å². The summed E-state index contributed by atoms with van der Waals surface area (Å²) >= 11 is 0. The van der Waals surface area contributed by atoms with Crippen molar-refractivity contribution in [1.82, 2.24) is 4.98 Å². The summed E-state index contributed by atoms with van der Waals surface area (Å²) in [5, 5.41) is 19.4. The largest absolute Gasteiger partial charge is 0.504 e. The Kier molecular flexibility index (Phi) is 3.76. The monoisotopic (exact) mass is 270 g/mol. The molecule has 0 spiro atoms. The van der Waals surface area contributed by atoms with Gasteiger partial charge in [-0.2, -0.15) is 5.26 Å². The molecule has 0 saturated carbocycles. The average Bonchev–Trinajstić information content (AvgIpc) is 2.40. The zero-order valence-corrected chi connectivity index (χ0v) is 11.2. The lowest BCUT2D eigenvalue weighted by Crippen LogP contribution is -2.12. The maximum atomic E-state index is 11.8. The van der Waals surface area contributed by atoms with Crippen LogP contribution < -0.4 is 10.3 Å². The first kappa shape index (κ1) is 13.7. The molecule has 2 aromatic rings. The summed E-state index contributed by atoms with van der Waals surface area (Å²) in [6, 6.07) is 8.52. The lowest BCUT2D eigenvalue weighted by atomic mass is 10.00. The van der Waals surface area contributed by atoms with Crippen molar-refractivity contribution < 1.29 is 9.84 Å². The van der Waals surface area contributed by atoms with Gasteiger partial charge in [0.05, 0.1) is 6.61 Å². The standard InChI is InChI=1S/C15H14N2O3/c1-3-20-13-6-4-5-10(14(13)18)11-7-9(2)17-15(19)12(11)8-16/h4-7,18H,3H2,1-2H3,(H,17,19). The van der Waals surface area contributed by atoms with Gasteiger partial charge in [0.25, 0.3) is 5.56 Å². The molecule has 1 heterocycles. The highest BCUT2D eigenvalue weighted by atomic mass is 16.5. The number of aromatic nitrogens is 1. The van der Waals surface area contributed by atoms with Gasteiger partial charge in [-0.1, -0.05) is 12.1 Å². The molecular formula is C15H14N2O3. The predicted molar refractivity (Wildman–Crippen MR) is 74.8 cm³/mol. The van der Waals surface area contributed by atoms with Crippen LogP contribution in [0.2, 0.25) is 0 Å². The summed E-state index contributed by atoms with van der Waals surface area (Å²) in [7, 11) is 0. The number of hydrogen-bond donors (Lipinski definition) is 2. The second kappa shape index (κ2) is 5.49. The summed E-state index contributed by atoms with van der Waals surface area (Å²) < 4.78 is 5.31. The number of ether oxygens (including phenoxy) is 1. The summed E-state index contributed by atoms with van der Waals surface area (Å²) in [6.45, 7) is 3.94. The van der Waals surface area contributed by atoms with Crippen LogP contribution >= 0.6 is 0 Å². The second-order valence-electron chi connectivity index (χ2n) is 4.27. The molecule has 20 heavy (non-hydrogen) atoms. The molecule has 0 unspecified atom stereocenters. The third kappa shape index (κ3) is 2.36. The first-order valence-electron chi connectivity index (χ1n) is 6.17. The van der Waals surface area contributed by atoms with E-state index < -0.39 is 5.56 Å². The van der Waals surface area contributed by atoms with E-state index in [2.05, 4.69) is 4.98 Å². The summed E-state index contributed by atoms with van der Waals surface area (Å²) in [5.41, 5.74) is 0.919. The number of rotatable bonds is 3. The van der Waals surface area contributed by atoms with Crippen LogP contribution in [-0.2, 0) is 0 Å². The number of pyridine rings is 1. The van der Waals surface area contributed by atoms with E-state index in [4.69, 9.17) is 10.00 Å². The quantitative estimate of drug-likeness (QED) is 0.896. The van der Waals surface area contributed by atoms with Gasteiger partial charge < -0.3 is 14.8 Å². The molecule has 0 atom stereocenters. The summed E-state index contributed by atoms with van der Waals surface area (Å²) in [4.78, 5) is 14.4. The Balaban J connectivity index is 2.72. The van der Waals surface area contributed by atoms with Crippen molar-refractivity contribution in [1.29, 1.82) is 5.26 Å². The lowest BCUT2D eigenvalue weighted by molar-refractivity contribution is 0.318. The Morgan fingerprint density at radius 2 is 2.15 bits per heavy atom. The molecule has 0 aliphatic rings. The highest BCUT2D eigenvalue weighted by Crippen LogP contribution is 2.37. The maximum Gasteiger partial charge on any atom is 0.266 e. The number of nitrogens with one attached hydrogen (secondary N) is 1. The molecule has 0 aliphatic heterocycles. The van der Waals surface area contributed by atoms with E-state index in [-0.39, 0.29) is 11.3 Å². The van der Waals surface area contributed by atoms with Crippen molar-refractivity contribution in [2.75, 3.05) is 6.61 Å². The van der Waals surface area contributed by atoms with Crippen molar-refractivity contribution in [3.8, 4) is 28.7 Å². The number of phenols is 1. The second-order valence-corrected chi connectivity index (χ2v) is 4.27. The number of nitrogens with zero attached hydrogens (tertiary/aromatic N) is 1. The Morgan fingerprint density at radius 3 is 2.80 bits per heavy atom. The fraction of sp³-hybridized carbons (Fsp3) is 0.200. The first-order valence-corrected chi connectivity index (χ1v) is 6.17. The van der Waals surface area contributed by atoms with Crippen LogP contribution in [-0.4, -0.2) is 16.7 Å². The first-order chi connectivity index (χ1) is 9.58. The van der Waals surface area contributed by atoms with Gasteiger partial charge in [-0.25, -0.2) is 0 Å². The van der Waals surface area contributed by atoms with E-state index in [1.165, 1.54) is 0 Å². The molecule has 0 fully saturated rings. The number of benzene rings is 1. The van der Waals surface area contributed by atoms with Crippen molar-refractivity contribution >= 4 is 0 Å². The fourth-order valence-corrected chi connectivity index (χ4v) is 2.02. The maximum absolute atomic E-state index is 11.8. The number of nitriles is 1. The molecule has 0 aliphatic carbocycles. The number of para-hydroxylation sites is 1. The van der Waals surface area contributed by atoms with Gasteiger partial charge in [-0.05, 0) is 26.0 Å². The molecule has 102 valence electrons. The molecule has 0 radical (unpaired) electrons. The Morgan fingerprint density at radius 1 is 1.40 bits per heavy atom. The minimum Gasteiger partial charge on any atom is -0.504 e. The van der Waals surface area contributed by atoms with Crippen LogP contribution in [0.25, 0.3) is 11.1 Å². The van der Waals surface area contributed by atoms with Gasteiger partial charge in [0.15, 0.2) is 11.5 Å². The van der Waals surface area contributed by atoms with E-state index in [0.29, 0.717) is 29.2 Å². The Bertz CT molecular complexity index is 742.